The topological polar surface area (TPSA) is 146 Å². The van der Waals surface area contributed by atoms with Gasteiger partial charge in [-0.25, -0.2) is 9.57 Å². The summed E-state index contributed by atoms with van der Waals surface area (Å²) in [5.74, 6) is -0.269. The highest BCUT2D eigenvalue weighted by atomic mass is 16.4. The van der Waals surface area contributed by atoms with Gasteiger partial charge in [0.15, 0.2) is 5.69 Å². The maximum atomic E-state index is 11.0. The van der Waals surface area contributed by atoms with Crippen LogP contribution in [0, 0.1) is 0 Å². The van der Waals surface area contributed by atoms with Gasteiger partial charge in [0.05, 0.1) is 13.6 Å². The van der Waals surface area contributed by atoms with Crippen molar-refractivity contribution in [1.82, 2.24) is 9.97 Å². The standard InChI is InChI=1S/C19H24N8O2/c1-11(23-17-15(22-2)16(21)24-19(25-17)26(3)4)10-27(5)13-8-6-12(7-9-13)14(20)18(28)29/h6-9,14H,2-3,10,20H2,1,4-5H3,(H2-,21,24,25,28,29)/p+1. The van der Waals surface area contributed by atoms with E-state index >= 15 is 0 Å². The molecule has 2 aromatic rings. The van der Waals surface area contributed by atoms with E-state index < -0.39 is 12.0 Å². The number of hydrogen-bond acceptors (Lipinski definition) is 8. The van der Waals surface area contributed by atoms with Crippen molar-refractivity contribution in [2.75, 3.05) is 31.3 Å². The highest BCUT2D eigenvalue weighted by molar-refractivity contribution is 5.90. The summed E-state index contributed by atoms with van der Waals surface area (Å²) in [7, 11) is 3.59. The minimum atomic E-state index is -1.07. The molecular formula is C19H25N8O2+. The fourth-order valence-corrected chi connectivity index (χ4v) is 2.58. The Morgan fingerprint density at radius 2 is 1.97 bits per heavy atom. The molecule has 0 aliphatic heterocycles. The number of anilines is 2. The zero-order valence-corrected chi connectivity index (χ0v) is 16.7. The van der Waals surface area contributed by atoms with Crippen LogP contribution in [0.3, 0.4) is 0 Å². The van der Waals surface area contributed by atoms with Crippen LogP contribution in [0.5, 0.6) is 0 Å². The molecule has 152 valence electrons. The molecule has 10 nitrogen and oxygen atoms in total. The molecule has 29 heavy (non-hydrogen) atoms. The Balaban J connectivity index is 2.24. The van der Waals surface area contributed by atoms with Gasteiger partial charge in [0.2, 0.25) is 5.82 Å². The van der Waals surface area contributed by atoms with E-state index in [1.165, 1.54) is 4.58 Å². The molecule has 0 saturated carbocycles. The lowest BCUT2D eigenvalue weighted by Crippen LogP contribution is -2.24. The Bertz CT molecular complexity index is 969. The van der Waals surface area contributed by atoms with Gasteiger partial charge in [0, 0.05) is 25.2 Å². The molecule has 0 saturated heterocycles. The zero-order valence-electron chi connectivity index (χ0n) is 16.7. The van der Waals surface area contributed by atoms with Crippen molar-refractivity contribution in [3.05, 3.63) is 29.8 Å². The predicted octanol–water partition coefficient (Wildman–Crippen LogP) is 1.68. The first kappa shape index (κ1) is 21.6. The Hall–Kier alpha value is -3.66. The van der Waals surface area contributed by atoms with Crippen LogP contribution in [0.2, 0.25) is 0 Å². The molecule has 0 amide bonds. The number of aliphatic imine (C=N–C) groups is 2. The number of nitrogens with two attached hydrogens (primary N) is 2. The second-order valence-corrected chi connectivity index (χ2v) is 6.55. The van der Waals surface area contributed by atoms with Crippen molar-refractivity contribution in [1.29, 1.82) is 0 Å². The van der Waals surface area contributed by atoms with E-state index in [0.29, 0.717) is 29.6 Å². The summed E-state index contributed by atoms with van der Waals surface area (Å²) in [5, 5.41) is 9.00. The number of hydrogen-bond donors (Lipinski definition) is 3. The lowest BCUT2D eigenvalue weighted by molar-refractivity contribution is -0.403. The van der Waals surface area contributed by atoms with Gasteiger partial charge in [0.25, 0.3) is 5.82 Å². The third-order valence-corrected chi connectivity index (χ3v) is 4.10. The van der Waals surface area contributed by atoms with E-state index in [1.54, 1.807) is 31.3 Å². The first-order chi connectivity index (χ1) is 13.6. The van der Waals surface area contributed by atoms with Gasteiger partial charge in [-0.1, -0.05) is 12.1 Å². The second-order valence-electron chi connectivity index (χ2n) is 6.55. The van der Waals surface area contributed by atoms with Crippen molar-refractivity contribution >= 4 is 54.1 Å². The van der Waals surface area contributed by atoms with Gasteiger partial charge in [0.1, 0.15) is 6.04 Å². The van der Waals surface area contributed by atoms with Crippen molar-refractivity contribution in [3.63, 3.8) is 0 Å². The van der Waals surface area contributed by atoms with Crippen molar-refractivity contribution < 1.29 is 14.5 Å². The largest absolute Gasteiger partial charge is 0.480 e. The van der Waals surface area contributed by atoms with E-state index in [2.05, 4.69) is 33.4 Å². The molecule has 0 aliphatic rings. The molecule has 1 atom stereocenters. The maximum Gasteiger partial charge on any atom is 0.436 e. The van der Waals surface area contributed by atoms with Crippen molar-refractivity contribution in [2.24, 2.45) is 15.7 Å². The van der Waals surface area contributed by atoms with Crippen molar-refractivity contribution in [2.45, 2.75) is 13.0 Å². The summed E-state index contributed by atoms with van der Waals surface area (Å²) in [6.07, 6.45) is 0. The summed E-state index contributed by atoms with van der Waals surface area (Å²) < 4.78 is 1.48. The minimum absolute atomic E-state index is 0.172. The number of nitrogens with zero attached hydrogens (tertiary/aromatic N) is 6. The normalized spacial score (nSPS) is 12.3. The fraction of sp³-hybridized carbons (Fsp3) is 0.263. The molecule has 5 N–H and O–H groups in total. The molecule has 1 heterocycles. The van der Waals surface area contributed by atoms with Crippen LogP contribution in [-0.4, -0.2) is 65.4 Å². The number of carboxylic acids is 1. The third kappa shape index (κ3) is 5.20. The Labute approximate surface area is 169 Å². The molecule has 2 rings (SSSR count). The number of nitrogen functional groups attached to an aromatic ring is 1. The number of benzene rings is 1. The van der Waals surface area contributed by atoms with Gasteiger partial charge in [-0.05, 0) is 41.3 Å². The van der Waals surface area contributed by atoms with Crippen molar-refractivity contribution in [3.8, 4) is 0 Å². The summed E-state index contributed by atoms with van der Waals surface area (Å²) in [4.78, 5) is 29.8. The first-order valence-corrected chi connectivity index (χ1v) is 8.66. The van der Waals surface area contributed by atoms with E-state index in [1.807, 2.05) is 18.9 Å². The van der Waals surface area contributed by atoms with Crippen LogP contribution in [0.4, 0.5) is 29.0 Å². The zero-order chi connectivity index (χ0) is 21.7. The second kappa shape index (κ2) is 9.02. The van der Waals surface area contributed by atoms with E-state index in [4.69, 9.17) is 16.6 Å². The first-order valence-electron chi connectivity index (χ1n) is 8.66. The molecular weight excluding hydrogens is 372 g/mol. The Kier molecular flexibility index (Phi) is 6.73. The molecule has 0 spiro atoms. The minimum Gasteiger partial charge on any atom is -0.480 e. The van der Waals surface area contributed by atoms with Crippen LogP contribution in [0.1, 0.15) is 18.5 Å². The highest BCUT2D eigenvalue weighted by Crippen LogP contribution is 2.32. The van der Waals surface area contributed by atoms with Crippen LogP contribution < -0.4 is 16.4 Å². The number of rotatable bonds is 8. The number of carboxylic acid groups (broad SMARTS) is 1. The Morgan fingerprint density at radius 3 is 2.48 bits per heavy atom. The van der Waals surface area contributed by atoms with Gasteiger partial charge in [-0.3, -0.25) is 9.79 Å². The van der Waals surface area contributed by atoms with Crippen LogP contribution >= 0.6 is 0 Å². The average Bonchev–Trinajstić information content (AvgIpc) is 2.66. The number of aliphatic carboxylic acids is 1. The van der Waals surface area contributed by atoms with Gasteiger partial charge < -0.3 is 21.5 Å². The summed E-state index contributed by atoms with van der Waals surface area (Å²) in [6.45, 7) is 9.59. The van der Waals surface area contributed by atoms with E-state index in [9.17, 15) is 4.79 Å². The average molecular weight is 397 g/mol. The molecule has 0 fully saturated rings. The number of aromatic nitrogens is 2. The van der Waals surface area contributed by atoms with Crippen LogP contribution in [-0.2, 0) is 4.79 Å². The van der Waals surface area contributed by atoms with Gasteiger partial charge >= 0.3 is 11.9 Å². The lowest BCUT2D eigenvalue weighted by Gasteiger charge is -2.19. The van der Waals surface area contributed by atoms with Gasteiger partial charge in [-0.2, -0.15) is 0 Å². The molecule has 1 unspecified atom stereocenters. The summed E-state index contributed by atoms with van der Waals surface area (Å²) in [5.41, 5.74) is 14.0. The molecule has 0 radical (unpaired) electrons. The third-order valence-electron chi connectivity index (χ3n) is 4.10. The van der Waals surface area contributed by atoms with Crippen LogP contribution in [0.15, 0.2) is 34.3 Å². The smallest absolute Gasteiger partial charge is 0.436 e. The monoisotopic (exact) mass is 397 g/mol. The fourth-order valence-electron chi connectivity index (χ4n) is 2.58. The maximum absolute atomic E-state index is 11.0. The molecule has 1 aromatic heterocycles. The molecule has 10 heteroatoms. The van der Waals surface area contributed by atoms with Crippen LogP contribution in [0.25, 0.3) is 0 Å². The quantitative estimate of drug-likeness (QED) is 0.453. The number of carbonyl (C=O) groups is 1. The van der Waals surface area contributed by atoms with E-state index in [0.717, 1.165) is 11.4 Å². The predicted molar refractivity (Wildman–Crippen MR) is 116 cm³/mol. The SMILES string of the molecule is C=Nc1c(N)nc([N+](=C)C)nc1N=C(C)CN(C)c1ccc(C(N)C(=O)O)cc1. The molecule has 1 aromatic carbocycles. The highest BCUT2D eigenvalue weighted by Gasteiger charge is 2.20. The molecule has 0 bridgehead atoms. The summed E-state index contributed by atoms with van der Waals surface area (Å²) >= 11 is 0. The van der Waals surface area contributed by atoms with E-state index in [-0.39, 0.29) is 5.82 Å². The molecule has 0 aliphatic carbocycles. The summed E-state index contributed by atoms with van der Waals surface area (Å²) in [6, 6.07) is 5.95. The van der Waals surface area contributed by atoms with Gasteiger partial charge in [-0.15, -0.1) is 0 Å². The lowest BCUT2D eigenvalue weighted by atomic mass is 10.1. The Morgan fingerprint density at radius 1 is 1.34 bits per heavy atom.